The van der Waals surface area contributed by atoms with Crippen molar-refractivity contribution in [3.63, 3.8) is 0 Å². The molecule has 0 aromatic heterocycles. The zero-order valence-electron chi connectivity index (χ0n) is 20.4. The molecule has 35 heavy (non-hydrogen) atoms. The maximum Gasteiger partial charge on any atom is 0.366 e. The number of benzene rings is 1. The summed E-state index contributed by atoms with van der Waals surface area (Å²) in [6.07, 6.45) is -6.12. The van der Waals surface area contributed by atoms with Crippen molar-refractivity contribution in [2.24, 2.45) is 10.8 Å². The lowest BCUT2D eigenvalue weighted by atomic mass is 9.89. The van der Waals surface area contributed by atoms with Crippen molar-refractivity contribution in [1.82, 2.24) is 0 Å². The SMILES string of the molecule is COC(=O)[C@@]1(OCC[Si](C)(C)C)C[C@H](OC(=O)c2ccccc2)[C@@H](N)[C@H]([C@H](O)[C@H](O)CN=[N+]=[N-])O1. The second-order valence-electron chi connectivity index (χ2n) is 9.55. The minimum atomic E-state index is -2.05. The van der Waals surface area contributed by atoms with E-state index in [4.69, 9.17) is 30.2 Å². The minimum absolute atomic E-state index is 0.142. The van der Waals surface area contributed by atoms with Crippen LogP contribution in [0.1, 0.15) is 16.8 Å². The molecule has 0 amide bonds. The summed E-state index contributed by atoms with van der Waals surface area (Å²) in [5.74, 6) is -3.64. The van der Waals surface area contributed by atoms with Crippen molar-refractivity contribution in [3.05, 3.63) is 46.3 Å². The molecule has 0 unspecified atom stereocenters. The smallest absolute Gasteiger partial charge is 0.366 e. The Morgan fingerprint density at radius 1 is 1.31 bits per heavy atom. The first-order chi connectivity index (χ1) is 16.4. The lowest BCUT2D eigenvalue weighted by molar-refractivity contribution is -0.308. The number of aliphatic hydroxyl groups is 2. The summed E-state index contributed by atoms with van der Waals surface area (Å²) in [5, 5.41) is 24.3. The van der Waals surface area contributed by atoms with Gasteiger partial charge in [-0.25, -0.2) is 9.59 Å². The predicted octanol–water partition coefficient (Wildman–Crippen LogP) is 1.58. The number of carbonyl (C=O) groups is 2. The third kappa shape index (κ3) is 7.74. The summed E-state index contributed by atoms with van der Waals surface area (Å²) in [5.41, 5.74) is 15.1. The average Bonchev–Trinajstić information content (AvgIpc) is 2.83. The molecule has 6 atom stereocenters. The van der Waals surface area contributed by atoms with E-state index >= 15 is 0 Å². The molecule has 0 aliphatic carbocycles. The van der Waals surface area contributed by atoms with Crippen molar-refractivity contribution in [3.8, 4) is 0 Å². The Kier molecular flexibility index (Phi) is 10.2. The van der Waals surface area contributed by atoms with Crippen LogP contribution in [0.4, 0.5) is 0 Å². The third-order valence-corrected chi connectivity index (χ3v) is 7.32. The molecule has 1 heterocycles. The summed E-state index contributed by atoms with van der Waals surface area (Å²) in [7, 11) is -0.421. The van der Waals surface area contributed by atoms with Gasteiger partial charge in [-0.3, -0.25) is 0 Å². The molecule has 194 valence electrons. The molecule has 1 aromatic rings. The van der Waals surface area contributed by atoms with Crippen molar-refractivity contribution >= 4 is 20.0 Å². The first-order valence-electron chi connectivity index (χ1n) is 11.2. The second kappa shape index (κ2) is 12.4. The van der Waals surface area contributed by atoms with E-state index in [1.165, 1.54) is 0 Å². The van der Waals surface area contributed by atoms with Crippen LogP contribution in [0.5, 0.6) is 0 Å². The van der Waals surface area contributed by atoms with Gasteiger partial charge in [0.1, 0.15) is 18.3 Å². The van der Waals surface area contributed by atoms with Gasteiger partial charge >= 0.3 is 11.9 Å². The van der Waals surface area contributed by atoms with Gasteiger partial charge in [0.05, 0.1) is 37.8 Å². The highest BCUT2D eigenvalue weighted by atomic mass is 28.3. The molecule has 2 rings (SSSR count). The van der Waals surface area contributed by atoms with E-state index in [1.54, 1.807) is 30.3 Å². The maximum atomic E-state index is 12.9. The van der Waals surface area contributed by atoms with Crippen molar-refractivity contribution in [1.29, 1.82) is 0 Å². The van der Waals surface area contributed by atoms with Gasteiger partial charge in [0, 0.05) is 19.6 Å². The van der Waals surface area contributed by atoms with Gasteiger partial charge in [0.2, 0.25) is 0 Å². The lowest BCUT2D eigenvalue weighted by Gasteiger charge is -2.46. The Labute approximate surface area is 204 Å². The molecule has 0 bridgehead atoms. The minimum Gasteiger partial charge on any atom is -0.465 e. The Hall–Kier alpha value is -2.51. The quantitative estimate of drug-likeness (QED) is 0.131. The van der Waals surface area contributed by atoms with Gasteiger partial charge in [-0.2, -0.15) is 0 Å². The molecule has 13 heteroatoms. The van der Waals surface area contributed by atoms with Crippen LogP contribution < -0.4 is 5.73 Å². The molecule has 4 N–H and O–H groups in total. The number of nitrogens with zero attached hydrogens (tertiary/aromatic N) is 3. The number of hydrogen-bond acceptors (Lipinski definition) is 10. The van der Waals surface area contributed by atoms with E-state index in [-0.39, 0.29) is 18.6 Å². The van der Waals surface area contributed by atoms with Gasteiger partial charge in [0.15, 0.2) is 0 Å². The number of esters is 2. The summed E-state index contributed by atoms with van der Waals surface area (Å²) in [4.78, 5) is 28.2. The molecule has 1 aliphatic rings. The van der Waals surface area contributed by atoms with E-state index in [0.29, 0.717) is 6.04 Å². The number of nitrogens with two attached hydrogens (primary N) is 1. The molecule has 0 spiro atoms. The fourth-order valence-corrected chi connectivity index (χ4v) is 4.28. The van der Waals surface area contributed by atoms with Gasteiger partial charge in [0.25, 0.3) is 5.79 Å². The number of rotatable bonds is 11. The molecule has 0 saturated carbocycles. The lowest BCUT2D eigenvalue weighted by Crippen LogP contribution is -2.67. The molecule has 0 radical (unpaired) electrons. The Balaban J connectivity index is 2.40. The van der Waals surface area contributed by atoms with Crippen LogP contribution in [0.15, 0.2) is 35.4 Å². The highest BCUT2D eigenvalue weighted by Crippen LogP contribution is 2.35. The summed E-state index contributed by atoms with van der Waals surface area (Å²) in [6.45, 7) is 6.05. The second-order valence-corrected chi connectivity index (χ2v) is 15.2. The number of hydrogen-bond donors (Lipinski definition) is 3. The van der Waals surface area contributed by atoms with Gasteiger partial charge in [-0.05, 0) is 23.7 Å². The fraction of sp³-hybridized carbons (Fsp3) is 0.636. The van der Waals surface area contributed by atoms with Crippen LogP contribution in [0.2, 0.25) is 25.7 Å². The summed E-state index contributed by atoms with van der Waals surface area (Å²) < 4.78 is 22.4. The normalized spacial score (nSPS) is 26.2. The largest absolute Gasteiger partial charge is 0.465 e. The fourth-order valence-electron chi connectivity index (χ4n) is 3.56. The van der Waals surface area contributed by atoms with Crippen molar-refractivity contribution in [2.75, 3.05) is 20.3 Å². The van der Waals surface area contributed by atoms with Gasteiger partial charge in [-0.1, -0.05) is 43.0 Å². The Morgan fingerprint density at radius 3 is 2.54 bits per heavy atom. The standard InChI is InChI=1S/C22H34N4O8Si/c1-31-21(30)22(32-10-11-35(2,3)4)12-16(33-20(29)14-8-6-5-7-9-14)17(23)19(34-22)18(28)15(27)13-25-26-24/h5-9,15-19,27-28H,10-13,23H2,1-4H3/t15-,16+,17-,18-,19-,22-/m1/s1. The molecule has 1 saturated heterocycles. The molecule has 1 aliphatic heterocycles. The van der Waals surface area contributed by atoms with Crippen LogP contribution in [0.3, 0.4) is 0 Å². The van der Waals surface area contributed by atoms with Crippen molar-refractivity contribution in [2.45, 2.75) is 68.4 Å². The van der Waals surface area contributed by atoms with Crippen molar-refractivity contribution < 1.29 is 38.7 Å². The van der Waals surface area contributed by atoms with E-state index < -0.39 is 62.8 Å². The monoisotopic (exact) mass is 510 g/mol. The molecule has 12 nitrogen and oxygen atoms in total. The highest BCUT2D eigenvalue weighted by molar-refractivity contribution is 6.76. The van der Waals surface area contributed by atoms with Crippen LogP contribution in [0, 0.1) is 0 Å². The third-order valence-electron chi connectivity index (χ3n) is 5.62. The number of carbonyl (C=O) groups excluding carboxylic acids is 2. The van der Waals surface area contributed by atoms with Gasteiger partial charge < -0.3 is 34.9 Å². The zero-order chi connectivity index (χ0) is 26.2. The van der Waals surface area contributed by atoms with Crippen LogP contribution in [0.25, 0.3) is 10.4 Å². The average molecular weight is 511 g/mol. The number of methoxy groups -OCH3 is 1. The van der Waals surface area contributed by atoms with E-state index in [1.807, 2.05) is 0 Å². The topological polar surface area (TPSA) is 186 Å². The Morgan fingerprint density at radius 2 is 1.97 bits per heavy atom. The predicted molar refractivity (Wildman–Crippen MR) is 128 cm³/mol. The van der Waals surface area contributed by atoms with Crippen LogP contribution >= 0.6 is 0 Å². The summed E-state index contributed by atoms with van der Waals surface area (Å²) in [6, 6.07) is 7.71. The maximum absolute atomic E-state index is 12.9. The molecular weight excluding hydrogens is 476 g/mol. The van der Waals surface area contributed by atoms with Crippen LogP contribution in [-0.4, -0.2) is 86.7 Å². The zero-order valence-corrected chi connectivity index (χ0v) is 21.4. The molecular formula is C22H34N4O8Si. The van der Waals surface area contributed by atoms with E-state index in [2.05, 4.69) is 29.7 Å². The number of ether oxygens (including phenoxy) is 4. The van der Waals surface area contributed by atoms with Crippen LogP contribution in [-0.2, 0) is 23.7 Å². The highest BCUT2D eigenvalue weighted by Gasteiger charge is 2.56. The summed E-state index contributed by atoms with van der Waals surface area (Å²) >= 11 is 0. The first-order valence-corrected chi connectivity index (χ1v) is 14.9. The Bertz CT molecular complexity index is 908. The van der Waals surface area contributed by atoms with Gasteiger partial charge in [-0.15, -0.1) is 0 Å². The molecule has 1 fully saturated rings. The van der Waals surface area contributed by atoms with E-state index in [0.717, 1.165) is 7.11 Å². The number of azide groups is 1. The molecule has 1 aromatic carbocycles. The van der Waals surface area contributed by atoms with E-state index in [9.17, 15) is 19.8 Å². The number of aliphatic hydroxyl groups excluding tert-OH is 2. The first kappa shape index (κ1) is 28.7.